The van der Waals surface area contributed by atoms with E-state index in [2.05, 4.69) is 0 Å². The van der Waals surface area contributed by atoms with Crippen LogP contribution in [0.3, 0.4) is 0 Å². The van der Waals surface area contributed by atoms with Gasteiger partial charge in [-0.2, -0.15) is 0 Å². The highest BCUT2D eigenvalue weighted by atomic mass is 35.5. The van der Waals surface area contributed by atoms with Gasteiger partial charge in [0.2, 0.25) is 5.91 Å². The van der Waals surface area contributed by atoms with E-state index in [4.69, 9.17) is 16.7 Å². The van der Waals surface area contributed by atoms with Crippen molar-refractivity contribution in [1.29, 1.82) is 0 Å². The molecule has 1 fully saturated rings. The zero-order valence-corrected chi connectivity index (χ0v) is 13.0. The van der Waals surface area contributed by atoms with Crippen molar-refractivity contribution in [2.75, 3.05) is 0 Å². The summed E-state index contributed by atoms with van der Waals surface area (Å²) in [5.41, 5.74) is 1.05. The van der Waals surface area contributed by atoms with Gasteiger partial charge >= 0.3 is 5.97 Å². The molecule has 0 aliphatic carbocycles. The van der Waals surface area contributed by atoms with E-state index in [1.165, 1.54) is 0 Å². The van der Waals surface area contributed by atoms with Gasteiger partial charge < -0.3 is 10.0 Å². The van der Waals surface area contributed by atoms with Crippen LogP contribution >= 0.6 is 11.6 Å². The molecule has 1 aliphatic heterocycles. The number of amides is 1. The van der Waals surface area contributed by atoms with E-state index >= 15 is 0 Å². The van der Waals surface area contributed by atoms with E-state index < -0.39 is 11.9 Å². The molecule has 0 saturated carbocycles. The second-order valence-electron chi connectivity index (χ2n) is 5.78. The Kier molecular flexibility index (Phi) is 4.88. The fourth-order valence-electron chi connectivity index (χ4n) is 3.01. The number of rotatable bonds is 4. The van der Waals surface area contributed by atoms with Crippen LogP contribution in [0.2, 0.25) is 5.02 Å². The van der Waals surface area contributed by atoms with E-state index in [1.807, 2.05) is 43.0 Å². The summed E-state index contributed by atoms with van der Waals surface area (Å²) in [6, 6.07) is 7.56. The van der Waals surface area contributed by atoms with E-state index in [1.54, 1.807) is 0 Å². The molecule has 1 N–H and O–H groups in total. The molecule has 1 aromatic carbocycles. The highest BCUT2D eigenvalue weighted by molar-refractivity contribution is 6.30. The molecule has 21 heavy (non-hydrogen) atoms. The number of halogens is 1. The summed E-state index contributed by atoms with van der Waals surface area (Å²) in [6.07, 6.45) is 1.31. The van der Waals surface area contributed by atoms with E-state index in [0.717, 1.165) is 12.0 Å². The first-order valence-electron chi connectivity index (χ1n) is 7.19. The minimum absolute atomic E-state index is 0.000174. The molecule has 2 unspecified atom stereocenters. The van der Waals surface area contributed by atoms with Crippen LogP contribution in [0, 0.1) is 5.92 Å². The minimum Gasteiger partial charge on any atom is -0.481 e. The number of likely N-dealkylation sites (tertiary alicyclic amines) is 1. The van der Waals surface area contributed by atoms with E-state index in [9.17, 15) is 9.59 Å². The first-order valence-corrected chi connectivity index (χ1v) is 7.57. The Morgan fingerprint density at radius 2 is 1.95 bits per heavy atom. The summed E-state index contributed by atoms with van der Waals surface area (Å²) in [7, 11) is 0. The Morgan fingerprint density at radius 1 is 1.33 bits per heavy atom. The lowest BCUT2D eigenvalue weighted by Gasteiger charge is -2.42. The van der Waals surface area contributed by atoms with Crippen LogP contribution in [0.1, 0.15) is 44.7 Å². The lowest BCUT2D eigenvalue weighted by molar-refractivity contribution is -0.150. The van der Waals surface area contributed by atoms with Crippen molar-refractivity contribution in [1.82, 2.24) is 4.90 Å². The van der Waals surface area contributed by atoms with Crippen molar-refractivity contribution in [2.24, 2.45) is 5.92 Å². The van der Waals surface area contributed by atoms with Gasteiger partial charge in [0.15, 0.2) is 0 Å². The molecule has 1 heterocycles. The number of aliphatic carboxylic acids is 1. The van der Waals surface area contributed by atoms with Crippen molar-refractivity contribution in [3.63, 3.8) is 0 Å². The average molecular weight is 310 g/mol. The number of nitrogens with zero attached hydrogens (tertiary/aromatic N) is 1. The second kappa shape index (κ2) is 6.48. The second-order valence-corrected chi connectivity index (χ2v) is 6.22. The SMILES string of the molecule is CC(C)N1C(=O)C(CC(=O)O)CCC1c1ccc(Cl)cc1. The largest absolute Gasteiger partial charge is 0.481 e. The Balaban J connectivity index is 2.25. The number of piperidine rings is 1. The highest BCUT2D eigenvalue weighted by Gasteiger charge is 2.38. The van der Waals surface area contributed by atoms with Gasteiger partial charge in [-0.3, -0.25) is 9.59 Å². The monoisotopic (exact) mass is 309 g/mol. The molecule has 1 amide bonds. The van der Waals surface area contributed by atoms with Crippen molar-refractivity contribution in [3.8, 4) is 0 Å². The van der Waals surface area contributed by atoms with Gasteiger partial charge in [0.05, 0.1) is 12.5 Å². The molecule has 0 bridgehead atoms. The quantitative estimate of drug-likeness (QED) is 0.926. The third kappa shape index (κ3) is 3.56. The van der Waals surface area contributed by atoms with Crippen molar-refractivity contribution in [2.45, 2.75) is 45.2 Å². The lowest BCUT2D eigenvalue weighted by atomic mass is 9.85. The molecule has 114 valence electrons. The maximum Gasteiger partial charge on any atom is 0.304 e. The topological polar surface area (TPSA) is 57.6 Å². The maximum absolute atomic E-state index is 12.6. The molecular weight excluding hydrogens is 290 g/mol. The fourth-order valence-corrected chi connectivity index (χ4v) is 3.14. The number of carbonyl (C=O) groups excluding carboxylic acids is 1. The lowest BCUT2D eigenvalue weighted by Crippen LogP contribution is -2.47. The molecule has 1 aliphatic rings. The van der Waals surface area contributed by atoms with Gasteiger partial charge in [-0.25, -0.2) is 0 Å². The third-order valence-corrected chi connectivity index (χ3v) is 4.21. The summed E-state index contributed by atoms with van der Waals surface area (Å²) in [5, 5.41) is 9.60. The number of benzene rings is 1. The first-order chi connectivity index (χ1) is 9.90. The Morgan fingerprint density at radius 3 is 2.48 bits per heavy atom. The Labute approximate surface area is 129 Å². The Bertz CT molecular complexity index is 527. The molecule has 0 spiro atoms. The third-order valence-electron chi connectivity index (χ3n) is 3.96. The van der Waals surface area contributed by atoms with Crippen LogP contribution in [0.15, 0.2) is 24.3 Å². The summed E-state index contributed by atoms with van der Waals surface area (Å²) >= 11 is 5.91. The molecule has 4 nitrogen and oxygen atoms in total. The van der Waals surface area contributed by atoms with Crippen molar-refractivity contribution < 1.29 is 14.7 Å². The standard InChI is InChI=1S/C16H20ClNO3/c1-10(2)18-14(11-3-6-13(17)7-4-11)8-5-12(16(18)21)9-15(19)20/h3-4,6-7,10,12,14H,5,8-9H2,1-2H3,(H,19,20). The van der Waals surface area contributed by atoms with Crippen LogP contribution in [0.4, 0.5) is 0 Å². The van der Waals surface area contributed by atoms with Crippen LogP contribution in [-0.2, 0) is 9.59 Å². The molecule has 2 atom stereocenters. The zero-order valence-electron chi connectivity index (χ0n) is 12.3. The van der Waals surface area contributed by atoms with Gasteiger partial charge in [-0.05, 0) is 44.4 Å². The zero-order chi connectivity index (χ0) is 15.6. The minimum atomic E-state index is -0.915. The van der Waals surface area contributed by atoms with Crippen LogP contribution < -0.4 is 0 Å². The molecule has 0 aromatic heterocycles. The number of carbonyl (C=O) groups is 2. The summed E-state index contributed by atoms with van der Waals surface area (Å²) in [5.74, 6) is -1.38. The number of carboxylic acid groups (broad SMARTS) is 1. The number of carboxylic acids is 1. The molecule has 1 saturated heterocycles. The smallest absolute Gasteiger partial charge is 0.304 e. The van der Waals surface area contributed by atoms with Gasteiger partial charge in [-0.1, -0.05) is 23.7 Å². The normalized spacial score (nSPS) is 22.7. The van der Waals surface area contributed by atoms with Gasteiger partial charge in [-0.15, -0.1) is 0 Å². The van der Waals surface area contributed by atoms with Gasteiger partial charge in [0.1, 0.15) is 0 Å². The predicted octanol–water partition coefficient (Wildman–Crippen LogP) is 3.50. The summed E-state index contributed by atoms with van der Waals surface area (Å²) < 4.78 is 0. The van der Waals surface area contributed by atoms with E-state index in [0.29, 0.717) is 11.4 Å². The highest BCUT2D eigenvalue weighted by Crippen LogP contribution is 2.37. The predicted molar refractivity (Wildman–Crippen MR) is 81.2 cm³/mol. The molecule has 1 aromatic rings. The average Bonchev–Trinajstić information content (AvgIpc) is 2.41. The van der Waals surface area contributed by atoms with Crippen molar-refractivity contribution in [3.05, 3.63) is 34.9 Å². The van der Waals surface area contributed by atoms with Crippen molar-refractivity contribution >= 4 is 23.5 Å². The first kappa shape index (κ1) is 15.8. The summed E-state index contributed by atoms with van der Waals surface area (Å²) in [6.45, 7) is 3.92. The number of hydrogen-bond donors (Lipinski definition) is 1. The Hall–Kier alpha value is -1.55. The maximum atomic E-state index is 12.6. The van der Waals surface area contributed by atoms with Gasteiger partial charge in [0.25, 0.3) is 0 Å². The molecule has 0 radical (unpaired) electrons. The summed E-state index contributed by atoms with van der Waals surface area (Å²) in [4.78, 5) is 25.3. The van der Waals surface area contributed by atoms with Crippen LogP contribution in [-0.4, -0.2) is 27.9 Å². The molecule has 2 rings (SSSR count). The molecule has 5 heteroatoms. The van der Waals surface area contributed by atoms with Crippen LogP contribution in [0.25, 0.3) is 0 Å². The van der Waals surface area contributed by atoms with E-state index in [-0.39, 0.29) is 24.4 Å². The van der Waals surface area contributed by atoms with Crippen LogP contribution in [0.5, 0.6) is 0 Å². The number of hydrogen-bond acceptors (Lipinski definition) is 2. The molecular formula is C16H20ClNO3. The fraction of sp³-hybridized carbons (Fsp3) is 0.500. The van der Waals surface area contributed by atoms with Gasteiger partial charge in [0, 0.05) is 17.0 Å².